The first-order valence-electron chi connectivity index (χ1n) is 16.0. The molecule has 0 saturated carbocycles. The summed E-state index contributed by atoms with van der Waals surface area (Å²) in [6, 6.07) is 19.1. The molecule has 0 aliphatic carbocycles. The van der Waals surface area contributed by atoms with E-state index in [1.54, 1.807) is 4.40 Å². The SMILES string of the molecule is CN(C)CCCC(=O)c1ccc2nc3c4ccc5c6c(ccc(c(=O)n3c2c1)c64)-c1nc2ccc(C(=O)NCCN(C)C)cc2n1C5. The van der Waals surface area contributed by atoms with Gasteiger partial charge in [0, 0.05) is 52.4 Å². The number of imidazole rings is 2. The average molecular weight is 626 g/mol. The molecule has 4 aromatic carbocycles. The maximum absolute atomic E-state index is 14.2. The van der Waals surface area contributed by atoms with Gasteiger partial charge in [-0.25, -0.2) is 9.97 Å². The quantitative estimate of drug-likeness (QED) is 0.230. The highest BCUT2D eigenvalue weighted by atomic mass is 16.2. The fourth-order valence-corrected chi connectivity index (χ4v) is 7.00. The lowest BCUT2D eigenvalue weighted by molar-refractivity contribution is 0.0949. The zero-order valence-corrected chi connectivity index (χ0v) is 26.9. The van der Waals surface area contributed by atoms with Gasteiger partial charge in [-0.2, -0.15) is 0 Å². The molecule has 0 radical (unpaired) electrons. The van der Waals surface area contributed by atoms with Gasteiger partial charge in [-0.1, -0.05) is 12.1 Å². The summed E-state index contributed by atoms with van der Waals surface area (Å²) in [4.78, 5) is 54.2. The van der Waals surface area contributed by atoms with E-state index in [0.29, 0.717) is 52.7 Å². The van der Waals surface area contributed by atoms with Gasteiger partial charge in [0.25, 0.3) is 11.5 Å². The Labute approximate surface area is 270 Å². The summed E-state index contributed by atoms with van der Waals surface area (Å²) >= 11 is 0. The van der Waals surface area contributed by atoms with Crippen molar-refractivity contribution in [3.8, 4) is 11.4 Å². The predicted octanol–water partition coefficient (Wildman–Crippen LogP) is 4.79. The highest BCUT2D eigenvalue weighted by molar-refractivity contribution is 6.20. The number of fused-ring (bicyclic) bond motifs is 8. The van der Waals surface area contributed by atoms with E-state index >= 15 is 0 Å². The van der Waals surface area contributed by atoms with E-state index in [1.165, 1.54) is 0 Å². The van der Waals surface area contributed by atoms with Gasteiger partial charge in [0.15, 0.2) is 5.78 Å². The van der Waals surface area contributed by atoms with Gasteiger partial charge in [-0.15, -0.1) is 0 Å². The summed E-state index contributed by atoms with van der Waals surface area (Å²) in [5.74, 6) is 0.762. The van der Waals surface area contributed by atoms with Crippen molar-refractivity contribution in [2.24, 2.45) is 0 Å². The second-order valence-electron chi connectivity index (χ2n) is 13.1. The summed E-state index contributed by atoms with van der Waals surface area (Å²) < 4.78 is 3.82. The molecular formula is C37H35N7O3. The lowest BCUT2D eigenvalue weighted by atomic mass is 9.91. The van der Waals surface area contributed by atoms with Crippen LogP contribution < -0.4 is 10.9 Å². The number of nitrogens with zero attached hydrogens (tertiary/aromatic N) is 6. The molecule has 10 heteroatoms. The molecule has 0 atom stereocenters. The highest BCUT2D eigenvalue weighted by Crippen LogP contribution is 2.42. The molecule has 10 nitrogen and oxygen atoms in total. The molecule has 1 aliphatic heterocycles. The van der Waals surface area contributed by atoms with Gasteiger partial charge < -0.3 is 19.7 Å². The largest absolute Gasteiger partial charge is 0.351 e. The van der Waals surface area contributed by atoms with Crippen LogP contribution in [0.15, 0.2) is 65.5 Å². The average Bonchev–Trinajstić information content (AvgIpc) is 3.62. The predicted molar refractivity (Wildman–Crippen MR) is 186 cm³/mol. The maximum atomic E-state index is 14.2. The van der Waals surface area contributed by atoms with Crippen LogP contribution in [0.1, 0.15) is 39.1 Å². The number of carbonyl (C=O) groups excluding carboxylic acids is 2. The minimum absolute atomic E-state index is 0.0615. The number of aromatic nitrogens is 4. The Kier molecular flexibility index (Phi) is 6.82. The van der Waals surface area contributed by atoms with Crippen molar-refractivity contribution in [2.75, 3.05) is 47.8 Å². The number of benzene rings is 4. The van der Waals surface area contributed by atoms with E-state index in [2.05, 4.69) is 26.9 Å². The Bertz CT molecular complexity index is 2470. The van der Waals surface area contributed by atoms with Crippen LogP contribution in [-0.4, -0.2) is 88.3 Å². The number of nitrogens with one attached hydrogen (secondary N) is 1. The van der Waals surface area contributed by atoms with Crippen molar-refractivity contribution in [3.63, 3.8) is 0 Å². The highest BCUT2D eigenvalue weighted by Gasteiger charge is 2.26. The molecule has 236 valence electrons. The normalized spacial score (nSPS) is 12.8. The molecular weight excluding hydrogens is 590 g/mol. The van der Waals surface area contributed by atoms with Crippen LogP contribution in [0.25, 0.3) is 60.6 Å². The molecule has 0 saturated heterocycles. The summed E-state index contributed by atoms with van der Waals surface area (Å²) in [6.07, 6.45) is 1.22. The summed E-state index contributed by atoms with van der Waals surface area (Å²) in [7, 11) is 7.94. The number of Topliss-reactive ketones (excluding diaryl/α,β-unsaturated/α-hetero) is 1. The fraction of sp³-hybridized carbons (Fsp3) is 0.270. The van der Waals surface area contributed by atoms with E-state index in [1.807, 2.05) is 81.6 Å². The third-order valence-electron chi connectivity index (χ3n) is 9.33. The molecule has 1 aliphatic rings. The molecule has 4 heterocycles. The number of rotatable bonds is 9. The maximum Gasteiger partial charge on any atom is 0.264 e. The van der Waals surface area contributed by atoms with Gasteiger partial charge in [0.2, 0.25) is 0 Å². The summed E-state index contributed by atoms with van der Waals surface area (Å²) in [5, 5.41) is 6.38. The van der Waals surface area contributed by atoms with Crippen LogP contribution in [0.5, 0.6) is 0 Å². The number of hydrogen-bond donors (Lipinski definition) is 1. The van der Waals surface area contributed by atoms with E-state index in [4.69, 9.17) is 9.97 Å². The number of pyridine rings is 1. The number of carbonyl (C=O) groups is 2. The molecule has 3 aromatic heterocycles. The number of amides is 1. The smallest absolute Gasteiger partial charge is 0.264 e. The van der Waals surface area contributed by atoms with E-state index in [-0.39, 0.29) is 17.2 Å². The lowest BCUT2D eigenvalue weighted by Gasteiger charge is -2.21. The van der Waals surface area contributed by atoms with E-state index < -0.39 is 0 Å². The van der Waals surface area contributed by atoms with Crippen molar-refractivity contribution in [1.29, 1.82) is 0 Å². The minimum atomic E-state index is -0.153. The topological polar surface area (TPSA) is 105 Å². The van der Waals surface area contributed by atoms with Gasteiger partial charge in [0.05, 0.1) is 28.6 Å². The summed E-state index contributed by atoms with van der Waals surface area (Å²) in [6.45, 7) is 2.73. The Morgan fingerprint density at radius 2 is 1.53 bits per heavy atom. The van der Waals surface area contributed by atoms with E-state index in [9.17, 15) is 14.4 Å². The molecule has 1 N–H and O–H groups in total. The Morgan fingerprint density at radius 3 is 2.32 bits per heavy atom. The molecule has 0 unspecified atom stereocenters. The van der Waals surface area contributed by atoms with Crippen molar-refractivity contribution in [3.05, 3.63) is 87.7 Å². The molecule has 8 rings (SSSR count). The Hall–Kier alpha value is -5.19. The van der Waals surface area contributed by atoms with Crippen LogP contribution >= 0.6 is 0 Å². The molecule has 0 spiro atoms. The van der Waals surface area contributed by atoms with Gasteiger partial charge >= 0.3 is 0 Å². The van der Waals surface area contributed by atoms with Crippen LogP contribution in [0, 0.1) is 0 Å². The van der Waals surface area contributed by atoms with Crippen molar-refractivity contribution < 1.29 is 9.59 Å². The van der Waals surface area contributed by atoms with Crippen LogP contribution in [0.3, 0.4) is 0 Å². The molecule has 0 bridgehead atoms. The molecule has 1 amide bonds. The second kappa shape index (κ2) is 11.0. The zero-order chi connectivity index (χ0) is 32.6. The van der Waals surface area contributed by atoms with Gasteiger partial charge in [0.1, 0.15) is 11.5 Å². The molecule has 0 fully saturated rings. The van der Waals surface area contributed by atoms with Crippen LogP contribution in [-0.2, 0) is 6.54 Å². The Morgan fingerprint density at radius 1 is 0.809 bits per heavy atom. The fourth-order valence-electron chi connectivity index (χ4n) is 7.00. The Balaban J connectivity index is 1.24. The number of likely N-dealkylation sites (N-methyl/N-ethyl adjacent to an activating group) is 1. The van der Waals surface area contributed by atoms with Crippen molar-refractivity contribution in [2.45, 2.75) is 19.4 Å². The van der Waals surface area contributed by atoms with Gasteiger partial charge in [-0.3, -0.25) is 18.8 Å². The molecule has 47 heavy (non-hydrogen) atoms. The number of hydrogen-bond acceptors (Lipinski definition) is 7. The molecule has 7 aromatic rings. The minimum Gasteiger partial charge on any atom is -0.351 e. The first-order valence-corrected chi connectivity index (χ1v) is 16.0. The van der Waals surface area contributed by atoms with Crippen LogP contribution in [0.4, 0.5) is 0 Å². The van der Waals surface area contributed by atoms with Gasteiger partial charge in [-0.05, 0) is 101 Å². The third-order valence-corrected chi connectivity index (χ3v) is 9.33. The third kappa shape index (κ3) is 4.66. The monoisotopic (exact) mass is 625 g/mol. The standard InChI is InChI=1S/C37H35N7O3/c1-41(2)16-5-6-31(45)21-8-13-28-30(18-21)44-35(40-28)25-10-7-23-20-43-29-19-22(36(46)38-15-17-42(3)4)9-14-27(29)39-34(43)24-11-12-26(37(44)47)33(25)32(23)24/h7-14,18-19H,5-6,15-17,20H2,1-4H3,(H,38,46). The summed E-state index contributed by atoms with van der Waals surface area (Å²) in [5.41, 5.74) is 6.68. The second-order valence-corrected chi connectivity index (χ2v) is 13.1. The first kappa shape index (κ1) is 29.2. The lowest BCUT2D eigenvalue weighted by Crippen LogP contribution is -2.31. The van der Waals surface area contributed by atoms with Crippen molar-refractivity contribution >= 4 is 60.9 Å². The first-order chi connectivity index (χ1) is 22.7. The zero-order valence-electron chi connectivity index (χ0n) is 26.9. The van der Waals surface area contributed by atoms with E-state index in [0.717, 1.165) is 63.7 Å². The van der Waals surface area contributed by atoms with Crippen LogP contribution in [0.2, 0.25) is 0 Å². The van der Waals surface area contributed by atoms with Crippen molar-refractivity contribution in [1.82, 2.24) is 34.1 Å². The number of ketones is 1.